The fourth-order valence-electron chi connectivity index (χ4n) is 2.35. The first-order valence-electron chi connectivity index (χ1n) is 7.80. The summed E-state index contributed by atoms with van der Waals surface area (Å²) < 4.78 is 40.1. The molecule has 0 spiro atoms. The number of rotatable bonds is 4. The minimum absolute atomic E-state index is 0.00277. The first kappa shape index (κ1) is 19.1. The van der Waals surface area contributed by atoms with Gasteiger partial charge in [-0.25, -0.2) is 0 Å². The predicted molar refractivity (Wildman–Crippen MR) is 98.8 cm³/mol. The summed E-state index contributed by atoms with van der Waals surface area (Å²) in [6.07, 6.45) is -4.32. The molecule has 0 bridgehead atoms. The third kappa shape index (κ3) is 4.34. The molecule has 0 aliphatic heterocycles. The molecule has 0 unspecified atom stereocenters. The molecule has 0 aliphatic rings. The molecule has 3 aromatic rings. The second-order valence-electron chi connectivity index (χ2n) is 5.84. The molecule has 1 heterocycles. The average molecular weight is 442 g/mol. The first-order chi connectivity index (χ1) is 12.2. The second-order valence-corrected chi connectivity index (χ2v) is 9.16. The van der Waals surface area contributed by atoms with Gasteiger partial charge in [0.15, 0.2) is 0 Å². The van der Waals surface area contributed by atoms with Crippen LogP contribution in [0.2, 0.25) is 0 Å². The molecular formula is C19H16F3NOSSe. The number of alkyl halides is 3. The average Bonchev–Trinajstić information content (AvgIpc) is 2.96. The number of hydrogen-bond donors (Lipinski definition) is 1. The van der Waals surface area contributed by atoms with Crippen LogP contribution in [0.1, 0.15) is 21.3 Å². The van der Waals surface area contributed by atoms with E-state index in [0.29, 0.717) is 0 Å². The van der Waals surface area contributed by atoms with Crippen LogP contribution < -0.4 is 0 Å². The van der Waals surface area contributed by atoms with E-state index >= 15 is 0 Å². The summed E-state index contributed by atoms with van der Waals surface area (Å²) in [5.41, 5.74) is 1.88. The molecule has 1 aromatic heterocycles. The van der Waals surface area contributed by atoms with Gasteiger partial charge in [-0.1, -0.05) is 0 Å². The number of thioether (sulfide) groups is 1. The Morgan fingerprint density at radius 3 is 2.38 bits per heavy atom. The van der Waals surface area contributed by atoms with Crippen LogP contribution in [0.25, 0.3) is 10.1 Å². The monoisotopic (exact) mass is 443 g/mol. The quantitative estimate of drug-likeness (QED) is 0.432. The third-order valence-electron chi connectivity index (χ3n) is 3.89. The van der Waals surface area contributed by atoms with Crippen molar-refractivity contribution in [3.63, 3.8) is 0 Å². The van der Waals surface area contributed by atoms with Gasteiger partial charge >= 0.3 is 160 Å². The number of halogens is 3. The Morgan fingerprint density at radius 2 is 1.77 bits per heavy atom. The van der Waals surface area contributed by atoms with E-state index in [1.807, 2.05) is 26.0 Å². The summed E-state index contributed by atoms with van der Waals surface area (Å²) in [5, 5.41) is 9.59. The van der Waals surface area contributed by atoms with E-state index in [1.54, 1.807) is 17.8 Å². The van der Waals surface area contributed by atoms with Crippen molar-refractivity contribution in [1.82, 2.24) is 4.98 Å². The van der Waals surface area contributed by atoms with E-state index < -0.39 is 11.7 Å². The molecule has 0 saturated heterocycles. The minimum atomic E-state index is -4.32. The van der Waals surface area contributed by atoms with Crippen LogP contribution in [-0.4, -0.2) is 24.6 Å². The molecular weight excluding hydrogens is 426 g/mol. The van der Waals surface area contributed by atoms with Crippen LogP contribution in [0.3, 0.4) is 0 Å². The van der Waals surface area contributed by atoms with Crippen molar-refractivity contribution in [2.45, 2.75) is 30.7 Å². The number of aryl methyl sites for hydroxylation is 2. The summed E-state index contributed by atoms with van der Waals surface area (Å²) >= 11 is 1.67. The van der Waals surface area contributed by atoms with E-state index in [-0.39, 0.29) is 20.3 Å². The summed E-state index contributed by atoms with van der Waals surface area (Å²) in [5.74, 6) is 1.06. The van der Waals surface area contributed by atoms with E-state index in [2.05, 4.69) is 4.98 Å². The molecule has 3 rings (SSSR count). The molecule has 0 radical (unpaired) electrons. The van der Waals surface area contributed by atoms with Crippen molar-refractivity contribution in [2.75, 3.05) is 0 Å². The Balaban J connectivity index is 1.75. The van der Waals surface area contributed by atoms with Crippen LogP contribution in [0.15, 0.2) is 47.4 Å². The Kier molecular flexibility index (Phi) is 5.51. The van der Waals surface area contributed by atoms with Crippen molar-refractivity contribution in [1.29, 1.82) is 0 Å². The molecule has 0 saturated carbocycles. The number of nitrogens with zero attached hydrogens (tertiary/aromatic N) is 1. The molecule has 2 aromatic carbocycles. The number of aromatic nitrogens is 1. The van der Waals surface area contributed by atoms with Crippen molar-refractivity contribution in [2.24, 2.45) is 0 Å². The zero-order chi connectivity index (χ0) is 18.9. The van der Waals surface area contributed by atoms with Crippen LogP contribution in [-0.2, 0) is 11.9 Å². The maximum atomic E-state index is 12.7. The number of benzene rings is 2. The van der Waals surface area contributed by atoms with Crippen molar-refractivity contribution >= 4 is 26.3 Å². The molecule has 7 heteroatoms. The second kappa shape index (κ2) is 7.51. The molecule has 2 nitrogen and oxygen atoms in total. The van der Waals surface area contributed by atoms with Gasteiger partial charge in [0.05, 0.1) is 0 Å². The topological polar surface area (TPSA) is 33.1 Å². The standard InChI is InChI=1S/C19H16F3NOSSe/c1-11-9-15(7-8-16(11)24)25-10-17-12(2)23-18(26-17)13-3-5-14(6-4-13)19(20,21)22/h3-9,24H,10H2,1-2H3. The van der Waals surface area contributed by atoms with Crippen LogP contribution in [0.4, 0.5) is 13.2 Å². The van der Waals surface area contributed by atoms with Gasteiger partial charge in [0.25, 0.3) is 0 Å². The van der Waals surface area contributed by atoms with Gasteiger partial charge in [-0.15, -0.1) is 0 Å². The van der Waals surface area contributed by atoms with E-state index in [9.17, 15) is 18.3 Å². The van der Waals surface area contributed by atoms with E-state index in [0.717, 1.165) is 44.2 Å². The number of phenols is 1. The van der Waals surface area contributed by atoms with Gasteiger partial charge in [0.1, 0.15) is 0 Å². The summed E-state index contributed by atoms with van der Waals surface area (Å²) in [7, 11) is 0. The van der Waals surface area contributed by atoms with Crippen molar-refractivity contribution in [3.8, 4) is 15.9 Å². The maximum absolute atomic E-state index is 12.7. The third-order valence-corrected chi connectivity index (χ3v) is 7.85. The number of hydrogen-bond acceptors (Lipinski definition) is 3. The van der Waals surface area contributed by atoms with Gasteiger partial charge in [-0.3, -0.25) is 0 Å². The van der Waals surface area contributed by atoms with Gasteiger partial charge in [-0.05, 0) is 0 Å². The summed E-state index contributed by atoms with van der Waals surface area (Å²) in [6, 6.07) is 10.7. The zero-order valence-electron chi connectivity index (χ0n) is 14.1. The SMILES string of the molecule is Cc1cc(SCc2[se]c(-c3ccc(C(F)(F)F)cc3)nc2C)ccc1O. The fourth-order valence-corrected chi connectivity index (χ4v) is 5.90. The first-order valence-corrected chi connectivity index (χ1v) is 10.5. The zero-order valence-corrected chi connectivity index (χ0v) is 16.6. The molecule has 0 amide bonds. The normalized spacial score (nSPS) is 11.7. The summed E-state index contributed by atoms with van der Waals surface area (Å²) in [4.78, 5) is 5.63. The Morgan fingerprint density at radius 1 is 1.08 bits per heavy atom. The fraction of sp³-hybridized carbons (Fsp3) is 0.211. The molecule has 136 valence electrons. The Hall–Kier alpha value is -1.69. The van der Waals surface area contributed by atoms with Crippen molar-refractivity contribution < 1.29 is 18.3 Å². The van der Waals surface area contributed by atoms with Crippen molar-refractivity contribution in [3.05, 3.63) is 63.7 Å². The Labute approximate surface area is 159 Å². The Bertz CT molecular complexity index is 920. The van der Waals surface area contributed by atoms with Gasteiger partial charge in [0, 0.05) is 0 Å². The van der Waals surface area contributed by atoms with E-state index in [1.165, 1.54) is 16.6 Å². The van der Waals surface area contributed by atoms with Gasteiger partial charge in [0.2, 0.25) is 0 Å². The van der Waals surface area contributed by atoms with Crippen LogP contribution >= 0.6 is 11.8 Å². The van der Waals surface area contributed by atoms with Crippen LogP contribution in [0, 0.1) is 13.8 Å². The number of aromatic hydroxyl groups is 1. The molecule has 1 N–H and O–H groups in total. The van der Waals surface area contributed by atoms with Gasteiger partial charge in [-0.2, -0.15) is 0 Å². The molecule has 26 heavy (non-hydrogen) atoms. The van der Waals surface area contributed by atoms with E-state index in [4.69, 9.17) is 0 Å². The number of phenolic OH excluding ortho intramolecular Hbond substituents is 1. The molecule has 0 atom stereocenters. The molecule has 0 aliphatic carbocycles. The summed E-state index contributed by atoms with van der Waals surface area (Å²) in [6.45, 7) is 3.80. The van der Waals surface area contributed by atoms with Crippen LogP contribution in [0.5, 0.6) is 5.75 Å². The molecule has 0 fully saturated rings. The predicted octanol–water partition coefficient (Wildman–Crippen LogP) is 5.44. The van der Waals surface area contributed by atoms with Gasteiger partial charge < -0.3 is 0 Å².